The lowest BCUT2D eigenvalue weighted by Gasteiger charge is -2.13. The molecule has 2 rings (SSSR count). The van der Waals surface area contributed by atoms with Crippen LogP contribution >= 0.6 is 0 Å². The van der Waals surface area contributed by atoms with E-state index in [1.54, 1.807) is 12.3 Å². The van der Waals surface area contributed by atoms with Crippen molar-refractivity contribution >= 4 is 11.6 Å². The minimum absolute atomic E-state index is 0.196. The molecule has 0 radical (unpaired) electrons. The number of anilines is 1. The van der Waals surface area contributed by atoms with Gasteiger partial charge in [-0.05, 0) is 36.4 Å². The number of halogens is 3. The molecule has 0 aliphatic rings. The van der Waals surface area contributed by atoms with E-state index in [2.05, 4.69) is 10.1 Å². The number of likely N-dealkylation sites (N-methyl/N-ethyl adjacent to an activating group) is 1. The normalized spacial score (nSPS) is 12.7. The molecule has 23 heavy (non-hydrogen) atoms. The van der Waals surface area contributed by atoms with E-state index in [1.165, 1.54) is 12.1 Å². The van der Waals surface area contributed by atoms with Crippen molar-refractivity contribution in [2.75, 3.05) is 18.9 Å². The van der Waals surface area contributed by atoms with Crippen molar-refractivity contribution in [2.24, 2.45) is 0 Å². The predicted molar refractivity (Wildman–Crippen MR) is 75.9 cm³/mol. The molecule has 0 fully saturated rings. The first kappa shape index (κ1) is 16.9. The first-order valence-corrected chi connectivity index (χ1v) is 6.81. The molecule has 2 N–H and O–H groups in total. The summed E-state index contributed by atoms with van der Waals surface area (Å²) in [7, 11) is 1.84. The molecule has 1 aromatic carbocycles. The molecule has 0 spiro atoms. The smallest absolute Gasteiger partial charge is 0.463 e. The maximum Gasteiger partial charge on any atom is 0.573 e. The number of nitrogens with one attached hydrogen (secondary N) is 2. The van der Waals surface area contributed by atoms with E-state index < -0.39 is 6.36 Å². The second-order valence-corrected chi connectivity index (χ2v) is 5.01. The van der Waals surface area contributed by atoms with Crippen LogP contribution < -0.4 is 15.0 Å². The summed E-state index contributed by atoms with van der Waals surface area (Å²) in [5.41, 5.74) is 0.398. The van der Waals surface area contributed by atoms with Crippen LogP contribution in [-0.2, 0) is 11.3 Å². The Balaban J connectivity index is 1.82. The quantitative estimate of drug-likeness (QED) is 0.850. The lowest BCUT2D eigenvalue weighted by atomic mass is 10.3. The zero-order valence-corrected chi connectivity index (χ0v) is 12.3. The van der Waals surface area contributed by atoms with Crippen molar-refractivity contribution in [3.63, 3.8) is 0 Å². The Morgan fingerprint density at radius 3 is 2.52 bits per heavy atom. The number of quaternary nitrogens is 1. The lowest BCUT2D eigenvalue weighted by Crippen LogP contribution is -3.08. The predicted octanol–water partition coefficient (Wildman–Crippen LogP) is 1.83. The number of carbonyl (C=O) groups is 1. The van der Waals surface area contributed by atoms with Crippen LogP contribution in [0.15, 0.2) is 47.1 Å². The fraction of sp³-hybridized carbons (Fsp3) is 0.267. The molecule has 0 saturated carbocycles. The summed E-state index contributed by atoms with van der Waals surface area (Å²) in [6.07, 6.45) is -3.17. The maximum absolute atomic E-state index is 12.0. The zero-order chi connectivity index (χ0) is 16.9. The van der Waals surface area contributed by atoms with Crippen LogP contribution in [0.25, 0.3) is 0 Å². The Morgan fingerprint density at radius 2 is 1.96 bits per heavy atom. The number of carbonyl (C=O) groups excluding carboxylic acids is 1. The fourth-order valence-electron chi connectivity index (χ4n) is 1.99. The minimum Gasteiger partial charge on any atom is -0.463 e. The molecule has 124 valence electrons. The molecule has 0 aliphatic carbocycles. The number of furan rings is 1. The number of amides is 1. The van der Waals surface area contributed by atoms with Crippen molar-refractivity contribution in [2.45, 2.75) is 12.9 Å². The highest BCUT2D eigenvalue weighted by Crippen LogP contribution is 2.23. The van der Waals surface area contributed by atoms with Crippen LogP contribution in [0.1, 0.15) is 5.76 Å². The van der Waals surface area contributed by atoms with Gasteiger partial charge in [0.15, 0.2) is 12.3 Å². The Hall–Kier alpha value is -2.48. The Kier molecular flexibility index (Phi) is 5.28. The lowest BCUT2D eigenvalue weighted by molar-refractivity contribution is -0.886. The highest BCUT2D eigenvalue weighted by atomic mass is 19.4. The second-order valence-electron chi connectivity index (χ2n) is 5.01. The van der Waals surface area contributed by atoms with Crippen LogP contribution in [0, 0.1) is 0 Å². The number of ether oxygens (including phenoxy) is 1. The second kappa shape index (κ2) is 7.19. The molecular weight excluding hydrogens is 313 g/mol. The number of hydrogen-bond donors (Lipinski definition) is 2. The average molecular weight is 329 g/mol. The molecule has 2 aromatic rings. The number of benzene rings is 1. The van der Waals surface area contributed by atoms with E-state index in [-0.39, 0.29) is 18.2 Å². The van der Waals surface area contributed by atoms with Crippen molar-refractivity contribution in [3.05, 3.63) is 48.4 Å². The van der Waals surface area contributed by atoms with Crippen molar-refractivity contribution in [1.29, 1.82) is 0 Å². The van der Waals surface area contributed by atoms with Crippen LogP contribution in [0.3, 0.4) is 0 Å². The largest absolute Gasteiger partial charge is 0.573 e. The van der Waals surface area contributed by atoms with Gasteiger partial charge in [0.1, 0.15) is 12.3 Å². The summed E-state index contributed by atoms with van der Waals surface area (Å²) in [5.74, 6) is 0.179. The number of hydrogen-bond acceptors (Lipinski definition) is 3. The van der Waals surface area contributed by atoms with Crippen molar-refractivity contribution in [3.8, 4) is 5.75 Å². The summed E-state index contributed by atoms with van der Waals surface area (Å²) in [6, 6.07) is 8.57. The monoisotopic (exact) mass is 329 g/mol. The van der Waals surface area contributed by atoms with E-state index in [1.807, 2.05) is 13.1 Å². The molecule has 1 unspecified atom stereocenters. The molecule has 1 amide bonds. The molecule has 0 bridgehead atoms. The first-order chi connectivity index (χ1) is 10.8. The Bertz CT molecular complexity index is 624. The van der Waals surface area contributed by atoms with Crippen molar-refractivity contribution in [1.82, 2.24) is 0 Å². The van der Waals surface area contributed by atoms with Crippen molar-refractivity contribution < 1.29 is 32.0 Å². The Labute approximate surface area is 130 Å². The molecule has 1 aromatic heterocycles. The molecule has 1 heterocycles. The van der Waals surface area contributed by atoms with E-state index >= 15 is 0 Å². The molecule has 5 nitrogen and oxygen atoms in total. The van der Waals surface area contributed by atoms with Gasteiger partial charge < -0.3 is 19.4 Å². The summed E-state index contributed by atoms with van der Waals surface area (Å²) in [4.78, 5) is 12.8. The van der Waals surface area contributed by atoms with Gasteiger partial charge >= 0.3 is 6.36 Å². The number of alkyl halides is 3. The zero-order valence-electron chi connectivity index (χ0n) is 12.3. The molecular formula is C15H16F3N2O3+. The van der Waals surface area contributed by atoms with E-state index in [0.717, 1.165) is 22.8 Å². The topological polar surface area (TPSA) is 55.9 Å². The van der Waals surface area contributed by atoms with E-state index in [0.29, 0.717) is 12.2 Å². The summed E-state index contributed by atoms with van der Waals surface area (Å²) in [5, 5.41) is 2.62. The molecule has 0 aliphatic heterocycles. The van der Waals surface area contributed by atoms with E-state index in [9.17, 15) is 18.0 Å². The van der Waals surface area contributed by atoms with Crippen LogP contribution in [0.2, 0.25) is 0 Å². The van der Waals surface area contributed by atoms with Gasteiger partial charge in [-0.2, -0.15) is 0 Å². The fourth-order valence-corrected chi connectivity index (χ4v) is 1.99. The third-order valence-corrected chi connectivity index (χ3v) is 2.89. The highest BCUT2D eigenvalue weighted by Gasteiger charge is 2.30. The summed E-state index contributed by atoms with van der Waals surface area (Å²) < 4.78 is 45.1. The van der Waals surface area contributed by atoms with E-state index in [4.69, 9.17) is 4.42 Å². The Morgan fingerprint density at radius 1 is 1.26 bits per heavy atom. The van der Waals surface area contributed by atoms with Gasteiger partial charge in [-0.15, -0.1) is 13.2 Å². The van der Waals surface area contributed by atoms with Gasteiger partial charge in [0.2, 0.25) is 0 Å². The maximum atomic E-state index is 12.0. The minimum atomic E-state index is -4.73. The van der Waals surface area contributed by atoms with Gasteiger partial charge in [0.25, 0.3) is 5.91 Å². The summed E-state index contributed by atoms with van der Waals surface area (Å²) in [6.45, 7) is 0.750. The third kappa shape index (κ3) is 6.03. The van der Waals surface area contributed by atoms with Gasteiger partial charge in [0.05, 0.1) is 13.3 Å². The van der Waals surface area contributed by atoms with Gasteiger partial charge in [-0.1, -0.05) is 0 Å². The van der Waals surface area contributed by atoms with Crippen LogP contribution in [-0.4, -0.2) is 25.9 Å². The SMILES string of the molecule is C[NH+](CC(=O)Nc1ccc(OC(F)(F)F)cc1)Cc1ccco1. The average Bonchev–Trinajstić information content (AvgIpc) is 2.91. The van der Waals surface area contributed by atoms with Crippen LogP contribution in [0.5, 0.6) is 5.75 Å². The van der Waals surface area contributed by atoms with Gasteiger partial charge in [-0.25, -0.2) is 0 Å². The van der Waals surface area contributed by atoms with Crippen LogP contribution in [0.4, 0.5) is 18.9 Å². The highest BCUT2D eigenvalue weighted by molar-refractivity contribution is 5.91. The standard InChI is InChI=1S/C15H15F3N2O3/c1-20(9-13-3-2-8-22-13)10-14(21)19-11-4-6-12(7-5-11)23-15(16,17)18/h2-8H,9-10H2,1H3,(H,19,21)/p+1. The summed E-state index contributed by atoms with van der Waals surface area (Å²) >= 11 is 0. The number of rotatable bonds is 6. The third-order valence-electron chi connectivity index (χ3n) is 2.89. The first-order valence-electron chi connectivity index (χ1n) is 6.81. The molecule has 0 saturated heterocycles. The van der Waals surface area contributed by atoms with Gasteiger partial charge in [0, 0.05) is 5.69 Å². The molecule has 8 heteroatoms. The van der Waals surface area contributed by atoms with Gasteiger partial charge in [-0.3, -0.25) is 4.79 Å². The molecule has 1 atom stereocenters.